The van der Waals surface area contributed by atoms with Crippen molar-refractivity contribution in [2.24, 2.45) is 7.05 Å². The second-order valence-corrected chi connectivity index (χ2v) is 4.55. The molecule has 18 heavy (non-hydrogen) atoms. The Morgan fingerprint density at radius 2 is 2.11 bits per heavy atom. The molecule has 4 nitrogen and oxygen atoms in total. The zero-order chi connectivity index (χ0) is 13.0. The lowest BCUT2D eigenvalue weighted by Crippen LogP contribution is -2.23. The summed E-state index contributed by atoms with van der Waals surface area (Å²) in [5.41, 5.74) is 3.67. The molecule has 1 atom stereocenters. The molecule has 2 aromatic rings. The number of nitrogens with one attached hydrogen (secondary N) is 1. The highest BCUT2D eigenvalue weighted by atomic mass is 15.4. The standard InChI is InChI=1S/C14H20N4/c1-4-15-14(9-12-10-18(3)17-16-12)13-8-6-5-7-11(13)2/h5-8,10,14-15H,4,9H2,1-3H3. The summed E-state index contributed by atoms with van der Waals surface area (Å²) in [5, 5.41) is 11.7. The molecule has 1 N–H and O–H groups in total. The van der Waals surface area contributed by atoms with Gasteiger partial charge in [-0.25, -0.2) is 0 Å². The van der Waals surface area contributed by atoms with Gasteiger partial charge in [0, 0.05) is 25.7 Å². The Balaban J connectivity index is 2.20. The first-order chi connectivity index (χ1) is 8.70. The van der Waals surface area contributed by atoms with Crippen molar-refractivity contribution in [1.82, 2.24) is 20.3 Å². The maximum absolute atomic E-state index is 4.17. The molecule has 1 unspecified atom stereocenters. The van der Waals surface area contributed by atoms with E-state index in [0.29, 0.717) is 6.04 Å². The molecular weight excluding hydrogens is 224 g/mol. The quantitative estimate of drug-likeness (QED) is 0.875. The zero-order valence-electron chi connectivity index (χ0n) is 11.2. The molecule has 96 valence electrons. The van der Waals surface area contributed by atoms with Crippen LogP contribution in [0.2, 0.25) is 0 Å². The number of rotatable bonds is 5. The van der Waals surface area contributed by atoms with Crippen molar-refractivity contribution in [3.05, 3.63) is 47.3 Å². The van der Waals surface area contributed by atoms with Gasteiger partial charge in [-0.3, -0.25) is 4.68 Å². The Kier molecular flexibility index (Phi) is 4.10. The number of likely N-dealkylation sites (N-methyl/N-ethyl adjacent to an activating group) is 1. The minimum absolute atomic E-state index is 0.299. The molecule has 2 rings (SSSR count). The van der Waals surface area contributed by atoms with Crippen LogP contribution in [0.4, 0.5) is 0 Å². The fourth-order valence-corrected chi connectivity index (χ4v) is 2.21. The Hall–Kier alpha value is -1.68. The maximum Gasteiger partial charge on any atom is 0.0845 e. The van der Waals surface area contributed by atoms with E-state index in [1.165, 1.54) is 11.1 Å². The molecular formula is C14H20N4. The van der Waals surface area contributed by atoms with Crippen LogP contribution in [0.1, 0.15) is 29.8 Å². The van der Waals surface area contributed by atoms with Gasteiger partial charge in [0.25, 0.3) is 0 Å². The molecule has 1 heterocycles. The van der Waals surface area contributed by atoms with E-state index in [1.54, 1.807) is 4.68 Å². The predicted octanol–water partition coefficient (Wildman–Crippen LogP) is 2.02. The van der Waals surface area contributed by atoms with Gasteiger partial charge in [0.05, 0.1) is 5.69 Å². The largest absolute Gasteiger partial charge is 0.310 e. The molecule has 4 heteroatoms. The smallest absolute Gasteiger partial charge is 0.0845 e. The van der Waals surface area contributed by atoms with Crippen LogP contribution in [0, 0.1) is 6.92 Å². The fourth-order valence-electron chi connectivity index (χ4n) is 2.21. The van der Waals surface area contributed by atoms with Gasteiger partial charge in [0.2, 0.25) is 0 Å². The van der Waals surface area contributed by atoms with E-state index in [-0.39, 0.29) is 0 Å². The number of aromatic nitrogens is 3. The van der Waals surface area contributed by atoms with Gasteiger partial charge in [0.15, 0.2) is 0 Å². The van der Waals surface area contributed by atoms with Crippen molar-refractivity contribution in [2.75, 3.05) is 6.54 Å². The predicted molar refractivity (Wildman–Crippen MR) is 72.3 cm³/mol. The summed E-state index contributed by atoms with van der Waals surface area (Å²) in [5.74, 6) is 0. The molecule has 0 bridgehead atoms. The second kappa shape index (κ2) is 5.78. The van der Waals surface area contributed by atoms with Gasteiger partial charge in [0.1, 0.15) is 0 Å². The topological polar surface area (TPSA) is 42.7 Å². The number of hydrogen-bond donors (Lipinski definition) is 1. The maximum atomic E-state index is 4.17. The number of benzene rings is 1. The van der Waals surface area contributed by atoms with E-state index in [2.05, 4.69) is 53.7 Å². The Bertz CT molecular complexity index is 504. The summed E-state index contributed by atoms with van der Waals surface area (Å²) < 4.78 is 1.75. The highest BCUT2D eigenvalue weighted by molar-refractivity contribution is 5.29. The lowest BCUT2D eigenvalue weighted by Gasteiger charge is -2.19. The van der Waals surface area contributed by atoms with E-state index in [1.807, 2.05) is 13.2 Å². The number of aryl methyl sites for hydroxylation is 2. The molecule has 0 aliphatic rings. The first-order valence-corrected chi connectivity index (χ1v) is 6.34. The molecule has 0 saturated heterocycles. The summed E-state index contributed by atoms with van der Waals surface area (Å²) in [6, 6.07) is 8.79. The van der Waals surface area contributed by atoms with Gasteiger partial charge in [-0.15, -0.1) is 5.10 Å². The average Bonchev–Trinajstić information content (AvgIpc) is 2.75. The van der Waals surface area contributed by atoms with Crippen LogP contribution in [-0.2, 0) is 13.5 Å². The first-order valence-electron chi connectivity index (χ1n) is 6.34. The Morgan fingerprint density at radius 3 is 2.72 bits per heavy atom. The second-order valence-electron chi connectivity index (χ2n) is 4.55. The molecule has 0 radical (unpaired) electrons. The summed E-state index contributed by atoms with van der Waals surface area (Å²) in [6.07, 6.45) is 2.84. The average molecular weight is 244 g/mol. The van der Waals surface area contributed by atoms with Crippen LogP contribution < -0.4 is 5.32 Å². The van der Waals surface area contributed by atoms with Crippen LogP contribution in [-0.4, -0.2) is 21.5 Å². The minimum atomic E-state index is 0.299. The van der Waals surface area contributed by atoms with E-state index < -0.39 is 0 Å². The van der Waals surface area contributed by atoms with Crippen molar-refractivity contribution in [3.8, 4) is 0 Å². The van der Waals surface area contributed by atoms with E-state index in [4.69, 9.17) is 0 Å². The highest BCUT2D eigenvalue weighted by Crippen LogP contribution is 2.20. The fraction of sp³-hybridized carbons (Fsp3) is 0.429. The van der Waals surface area contributed by atoms with Gasteiger partial charge in [-0.1, -0.05) is 36.4 Å². The minimum Gasteiger partial charge on any atom is -0.310 e. The third-order valence-electron chi connectivity index (χ3n) is 3.08. The van der Waals surface area contributed by atoms with E-state index in [0.717, 1.165) is 18.7 Å². The SMILES string of the molecule is CCNC(Cc1cn(C)nn1)c1ccccc1C. The van der Waals surface area contributed by atoms with Gasteiger partial charge in [-0.2, -0.15) is 0 Å². The van der Waals surface area contributed by atoms with Crippen molar-refractivity contribution in [1.29, 1.82) is 0 Å². The van der Waals surface area contributed by atoms with Crippen LogP contribution in [0.5, 0.6) is 0 Å². The molecule has 0 spiro atoms. The van der Waals surface area contributed by atoms with Gasteiger partial charge in [-0.05, 0) is 24.6 Å². The first kappa shape index (κ1) is 12.8. The summed E-state index contributed by atoms with van der Waals surface area (Å²) in [6.45, 7) is 5.22. The van der Waals surface area contributed by atoms with Crippen LogP contribution in [0.15, 0.2) is 30.5 Å². The monoisotopic (exact) mass is 244 g/mol. The third-order valence-corrected chi connectivity index (χ3v) is 3.08. The van der Waals surface area contributed by atoms with Crippen molar-refractivity contribution in [3.63, 3.8) is 0 Å². The normalized spacial score (nSPS) is 12.6. The molecule has 0 fully saturated rings. The van der Waals surface area contributed by atoms with Crippen molar-refractivity contribution < 1.29 is 0 Å². The third kappa shape index (κ3) is 2.96. The molecule has 1 aromatic heterocycles. The van der Waals surface area contributed by atoms with Gasteiger partial charge >= 0.3 is 0 Å². The Labute approximate surface area is 108 Å². The van der Waals surface area contributed by atoms with Crippen molar-refractivity contribution in [2.45, 2.75) is 26.3 Å². The van der Waals surface area contributed by atoms with Crippen LogP contribution in [0.3, 0.4) is 0 Å². The number of nitrogens with zero attached hydrogens (tertiary/aromatic N) is 3. The molecule has 0 aliphatic heterocycles. The lowest BCUT2D eigenvalue weighted by molar-refractivity contribution is 0.541. The van der Waals surface area contributed by atoms with E-state index >= 15 is 0 Å². The van der Waals surface area contributed by atoms with Gasteiger partial charge < -0.3 is 5.32 Å². The molecule has 1 aromatic carbocycles. The van der Waals surface area contributed by atoms with E-state index in [9.17, 15) is 0 Å². The Morgan fingerprint density at radius 1 is 1.33 bits per heavy atom. The van der Waals surface area contributed by atoms with Crippen LogP contribution in [0.25, 0.3) is 0 Å². The summed E-state index contributed by atoms with van der Waals surface area (Å²) in [4.78, 5) is 0. The summed E-state index contributed by atoms with van der Waals surface area (Å²) >= 11 is 0. The highest BCUT2D eigenvalue weighted by Gasteiger charge is 2.14. The lowest BCUT2D eigenvalue weighted by atomic mass is 9.98. The number of hydrogen-bond acceptors (Lipinski definition) is 3. The zero-order valence-corrected chi connectivity index (χ0v) is 11.2. The molecule has 0 saturated carbocycles. The molecule has 0 amide bonds. The molecule has 0 aliphatic carbocycles. The summed E-state index contributed by atoms with van der Waals surface area (Å²) in [7, 11) is 1.90. The van der Waals surface area contributed by atoms with Crippen LogP contribution >= 0.6 is 0 Å². The van der Waals surface area contributed by atoms with Crippen molar-refractivity contribution >= 4 is 0 Å².